The van der Waals surface area contributed by atoms with Crippen molar-refractivity contribution in [3.63, 3.8) is 0 Å². The number of hydrogen-bond donors (Lipinski definition) is 0. The Hall–Kier alpha value is -3.99. The van der Waals surface area contributed by atoms with Crippen molar-refractivity contribution in [1.82, 2.24) is 0 Å². The molecule has 194 valence electrons. The quantitative estimate of drug-likeness (QED) is 0.198. The van der Waals surface area contributed by atoms with Crippen molar-refractivity contribution in [2.75, 3.05) is 0 Å². The van der Waals surface area contributed by atoms with E-state index >= 15 is 0 Å². The highest BCUT2D eigenvalue weighted by molar-refractivity contribution is 7.08. The number of fused-ring (bicyclic) bond motifs is 2. The molecule has 0 amide bonds. The lowest BCUT2D eigenvalue weighted by atomic mass is 9.91. The van der Waals surface area contributed by atoms with Gasteiger partial charge in [0, 0.05) is 0 Å². The number of benzene rings is 5. The summed E-state index contributed by atoms with van der Waals surface area (Å²) < 4.78 is 0. The van der Waals surface area contributed by atoms with E-state index in [0.29, 0.717) is 0 Å². The van der Waals surface area contributed by atoms with E-state index in [1.54, 1.807) is 20.8 Å². The third-order valence-electron chi connectivity index (χ3n) is 9.08. The first-order chi connectivity index (χ1) is 19.4. The Morgan fingerprint density at radius 2 is 0.650 bits per heavy atom. The normalized spacial score (nSPS) is 16.7. The molecule has 5 aromatic rings. The molecule has 0 spiro atoms. The van der Waals surface area contributed by atoms with E-state index in [4.69, 9.17) is 0 Å². The van der Waals surface area contributed by atoms with Crippen molar-refractivity contribution >= 4 is 48.1 Å². The summed E-state index contributed by atoms with van der Waals surface area (Å²) in [5.41, 5.74) is 11.0. The molecule has 2 heteroatoms. The highest BCUT2D eigenvalue weighted by Crippen LogP contribution is 2.46. The average Bonchev–Trinajstić information content (AvgIpc) is 3.38. The second kappa shape index (κ2) is 9.30. The molecule has 0 nitrogen and oxygen atoms in total. The van der Waals surface area contributed by atoms with Gasteiger partial charge < -0.3 is 0 Å². The van der Waals surface area contributed by atoms with E-state index in [1.165, 1.54) is 44.5 Å². The molecule has 2 heterocycles. The largest absolute Gasteiger partial charge is 0.114 e. The lowest BCUT2D eigenvalue weighted by molar-refractivity contribution is 1.53. The molecule has 0 aliphatic carbocycles. The molecule has 0 aromatic heterocycles. The monoisotopic (exact) mass is 546 g/mol. The molecule has 0 saturated carbocycles. The van der Waals surface area contributed by atoms with Gasteiger partial charge in [0.15, 0.2) is 0 Å². The minimum Gasteiger partial charge on any atom is -0.0623 e. The molecule has 0 atom stereocenters. The molecule has 0 N–H and O–H groups in total. The van der Waals surface area contributed by atoms with Crippen LogP contribution >= 0.6 is 0 Å². The smallest absolute Gasteiger partial charge is 0.0623 e. The lowest BCUT2D eigenvalue weighted by Crippen LogP contribution is -2.40. The molecule has 7 rings (SSSR count). The van der Waals surface area contributed by atoms with Crippen LogP contribution in [0.15, 0.2) is 133 Å². The molecule has 2 aliphatic heterocycles. The van der Waals surface area contributed by atoms with Gasteiger partial charge in [-0.15, -0.1) is 0 Å². The van der Waals surface area contributed by atoms with Crippen LogP contribution in [0.5, 0.6) is 0 Å². The third kappa shape index (κ3) is 3.71. The Kier molecular flexibility index (Phi) is 5.81. The molecule has 0 unspecified atom stereocenters. The Balaban J connectivity index is 1.44. The van der Waals surface area contributed by atoms with Gasteiger partial charge in [0.25, 0.3) is 0 Å². The molecule has 0 saturated heterocycles. The van der Waals surface area contributed by atoms with Crippen LogP contribution in [0.25, 0.3) is 21.5 Å². The van der Waals surface area contributed by atoms with E-state index < -0.39 is 16.1 Å². The topological polar surface area (TPSA) is 0 Å². The maximum Gasteiger partial charge on any atom is 0.114 e. The summed E-state index contributed by atoms with van der Waals surface area (Å²) in [5.74, 6) is 0. The summed E-state index contributed by atoms with van der Waals surface area (Å²) in [6.45, 7) is 10.0. The molecule has 0 radical (unpaired) electrons. The summed E-state index contributed by atoms with van der Waals surface area (Å²) in [4.78, 5) is 0. The molecule has 40 heavy (non-hydrogen) atoms. The molecule has 2 aliphatic rings. The molecular formula is C38H34Si2. The summed E-state index contributed by atoms with van der Waals surface area (Å²) in [6, 6.07) is 49.9. The standard InChI is InChI=1S/C38H34Si2/c1-39(2)33-21-13-11-19-31(33)35(37(39)29-15-7-5-8-16-29)27-23-25-28(26-24-27)36-32-20-12-14-22-34(32)40(3,4)38(36)30-17-9-6-10-18-30/h5-26H,1-4H3. The summed E-state index contributed by atoms with van der Waals surface area (Å²) in [5, 5.41) is 6.18. The van der Waals surface area contributed by atoms with Crippen LogP contribution in [0, 0.1) is 0 Å². The second-order valence-corrected chi connectivity index (χ2v) is 20.7. The van der Waals surface area contributed by atoms with Crippen LogP contribution in [0.3, 0.4) is 0 Å². The van der Waals surface area contributed by atoms with Crippen LogP contribution < -0.4 is 10.4 Å². The van der Waals surface area contributed by atoms with Crippen molar-refractivity contribution in [3.05, 3.63) is 167 Å². The van der Waals surface area contributed by atoms with E-state index in [0.717, 1.165) is 0 Å². The number of hydrogen-bond acceptors (Lipinski definition) is 0. The Morgan fingerprint density at radius 3 is 1.02 bits per heavy atom. The van der Waals surface area contributed by atoms with Crippen LogP contribution in [0.2, 0.25) is 26.2 Å². The molecular weight excluding hydrogens is 513 g/mol. The van der Waals surface area contributed by atoms with Crippen molar-refractivity contribution < 1.29 is 0 Å². The zero-order valence-electron chi connectivity index (χ0n) is 23.7. The Bertz CT molecular complexity index is 1670. The Labute approximate surface area is 240 Å². The van der Waals surface area contributed by atoms with Crippen molar-refractivity contribution in [2.45, 2.75) is 26.2 Å². The summed E-state index contributed by atoms with van der Waals surface area (Å²) in [7, 11) is -3.72. The van der Waals surface area contributed by atoms with Gasteiger partial charge in [0.05, 0.1) is 0 Å². The van der Waals surface area contributed by atoms with Gasteiger partial charge >= 0.3 is 0 Å². The minimum absolute atomic E-state index is 1.32. The fourth-order valence-electron chi connectivity index (χ4n) is 7.28. The fourth-order valence-corrected chi connectivity index (χ4v) is 14.2. The van der Waals surface area contributed by atoms with Gasteiger partial charge in [0.1, 0.15) is 16.1 Å². The van der Waals surface area contributed by atoms with Crippen molar-refractivity contribution in [1.29, 1.82) is 0 Å². The van der Waals surface area contributed by atoms with E-state index in [-0.39, 0.29) is 0 Å². The van der Waals surface area contributed by atoms with E-state index in [9.17, 15) is 0 Å². The van der Waals surface area contributed by atoms with Gasteiger partial charge in [-0.3, -0.25) is 0 Å². The zero-order valence-corrected chi connectivity index (χ0v) is 25.7. The maximum atomic E-state index is 2.51. The third-order valence-corrected chi connectivity index (χ3v) is 16.2. The summed E-state index contributed by atoms with van der Waals surface area (Å²) in [6.07, 6.45) is 0. The first-order valence-corrected chi connectivity index (χ1v) is 20.3. The highest BCUT2D eigenvalue weighted by atomic mass is 28.3. The first-order valence-electron chi connectivity index (χ1n) is 14.3. The van der Waals surface area contributed by atoms with Crippen molar-refractivity contribution in [3.8, 4) is 0 Å². The second-order valence-electron chi connectivity index (χ2n) is 12.2. The Morgan fingerprint density at radius 1 is 0.325 bits per heavy atom. The highest BCUT2D eigenvalue weighted by Gasteiger charge is 2.42. The van der Waals surface area contributed by atoms with Gasteiger partial charge in [-0.25, -0.2) is 0 Å². The number of rotatable bonds is 4. The van der Waals surface area contributed by atoms with Crippen LogP contribution in [0.1, 0.15) is 33.4 Å². The van der Waals surface area contributed by atoms with Crippen LogP contribution in [0.4, 0.5) is 0 Å². The molecule has 5 aromatic carbocycles. The van der Waals surface area contributed by atoms with E-state index in [1.807, 2.05) is 0 Å². The van der Waals surface area contributed by atoms with Gasteiger partial charge in [-0.05, 0) is 65.3 Å². The molecule has 0 fully saturated rings. The zero-order chi connectivity index (χ0) is 27.5. The van der Waals surface area contributed by atoms with Crippen LogP contribution in [-0.4, -0.2) is 16.1 Å². The molecule has 0 bridgehead atoms. The minimum atomic E-state index is -1.86. The predicted molar refractivity (Wildman–Crippen MR) is 178 cm³/mol. The summed E-state index contributed by atoms with van der Waals surface area (Å²) >= 11 is 0. The van der Waals surface area contributed by atoms with Gasteiger partial charge in [-0.2, -0.15) is 0 Å². The van der Waals surface area contributed by atoms with Crippen molar-refractivity contribution in [2.24, 2.45) is 0 Å². The predicted octanol–water partition coefficient (Wildman–Crippen LogP) is 8.54. The van der Waals surface area contributed by atoms with E-state index in [2.05, 4.69) is 160 Å². The van der Waals surface area contributed by atoms with Gasteiger partial charge in [-0.1, -0.05) is 160 Å². The fraction of sp³-hybridized carbons (Fsp3) is 0.105. The first kappa shape index (κ1) is 25.0. The van der Waals surface area contributed by atoms with Crippen LogP contribution in [-0.2, 0) is 0 Å². The lowest BCUT2D eigenvalue weighted by Gasteiger charge is -2.23. The van der Waals surface area contributed by atoms with Gasteiger partial charge in [0.2, 0.25) is 0 Å². The maximum absolute atomic E-state index is 2.51. The SMILES string of the molecule is C[Si]1(C)C(c2ccccc2)=C(c2ccc(C3=C(c4ccccc4)[Si](C)(C)c4ccccc43)cc2)c2ccccc21. The average molecular weight is 547 g/mol.